The largest absolute Gasteiger partial charge is 0.312 e. The number of hydrogen-bond acceptors (Lipinski definition) is 4. The van der Waals surface area contributed by atoms with Gasteiger partial charge in [-0.3, -0.25) is 0 Å². The highest BCUT2D eigenvalue weighted by Crippen LogP contribution is 2.51. The zero-order chi connectivity index (χ0) is 78.4. The third-order valence-electron chi connectivity index (χ3n) is 26.6. The van der Waals surface area contributed by atoms with Crippen molar-refractivity contribution in [3.05, 3.63) is 373 Å². The molecule has 0 aromatic heterocycles. The molecule has 15 aromatic carbocycles. The number of rotatable bonds is 10. The van der Waals surface area contributed by atoms with Gasteiger partial charge in [-0.1, -0.05) is 343 Å². The lowest BCUT2D eigenvalue weighted by molar-refractivity contribution is 0.517. The lowest BCUT2D eigenvalue weighted by atomic mass is 9.33. The smallest absolute Gasteiger partial charge is 0.252 e. The summed E-state index contributed by atoms with van der Waals surface area (Å²) in [4.78, 5) is 10.6. The first-order valence-corrected chi connectivity index (χ1v) is 45.4. The topological polar surface area (TPSA) is 13.0 Å². The summed E-state index contributed by atoms with van der Waals surface area (Å²) in [7, 11) is -5.84. The molecule has 6 heterocycles. The summed E-state index contributed by atoms with van der Waals surface area (Å²) in [6.07, 6.45) is 0.830. The van der Waals surface area contributed by atoms with Gasteiger partial charge >= 0.3 is 0 Å². The fourth-order valence-corrected chi connectivity index (χ4v) is 31.4. The number of anilines is 12. The van der Waals surface area contributed by atoms with E-state index in [4.69, 9.17) is 0 Å². The van der Waals surface area contributed by atoms with Crippen molar-refractivity contribution in [3.8, 4) is 11.1 Å². The van der Waals surface area contributed by atoms with Crippen LogP contribution in [0.2, 0.25) is 0 Å². The number of aryl methyl sites for hydroxylation is 1. The van der Waals surface area contributed by atoms with Crippen molar-refractivity contribution >= 4 is 172 Å². The van der Waals surface area contributed by atoms with Crippen LogP contribution < -0.4 is 93.9 Å². The molecule has 556 valence electrons. The maximum absolute atomic E-state index is 2.94. The molecule has 0 atom stereocenters. The van der Waals surface area contributed by atoms with E-state index in [1.807, 2.05) is 0 Å². The maximum atomic E-state index is 2.67. The van der Waals surface area contributed by atoms with E-state index >= 15 is 0 Å². The van der Waals surface area contributed by atoms with Gasteiger partial charge < -0.3 is 19.6 Å². The predicted octanol–water partition coefficient (Wildman–Crippen LogP) is 17.6. The molecule has 0 aliphatic carbocycles. The molecule has 0 saturated heterocycles. The highest BCUT2D eigenvalue weighted by atomic mass is 28.3. The first-order valence-electron chi connectivity index (χ1n) is 41.4. The summed E-state index contributed by atoms with van der Waals surface area (Å²) in [5.74, 6) is 0. The minimum atomic E-state index is -2.94. The van der Waals surface area contributed by atoms with E-state index in [0.29, 0.717) is 0 Å². The first-order chi connectivity index (χ1) is 55.6. The molecule has 15 aromatic rings. The average Bonchev–Trinajstić information content (AvgIpc) is 0.675. The van der Waals surface area contributed by atoms with Crippen LogP contribution in [0.3, 0.4) is 0 Å². The summed E-state index contributed by atoms with van der Waals surface area (Å²) in [5, 5.41) is 11.3. The van der Waals surface area contributed by atoms with E-state index in [1.165, 1.54) is 187 Å². The van der Waals surface area contributed by atoms with E-state index in [1.54, 1.807) is 0 Å². The van der Waals surface area contributed by atoms with Crippen LogP contribution in [-0.4, -0.2) is 29.6 Å². The van der Waals surface area contributed by atoms with Crippen LogP contribution in [0.5, 0.6) is 0 Å². The lowest BCUT2D eigenvalue weighted by Crippen LogP contribution is -2.79. The van der Waals surface area contributed by atoms with Crippen LogP contribution in [0.4, 0.5) is 68.2 Å². The molecule has 0 N–H and O–H groups in total. The molecule has 8 heteroatoms. The zero-order valence-electron chi connectivity index (χ0n) is 68.0. The Morgan fingerprint density at radius 2 is 0.609 bits per heavy atom. The van der Waals surface area contributed by atoms with E-state index < -0.39 is 16.1 Å². The molecule has 0 radical (unpaired) electrons. The Labute approximate surface area is 682 Å². The molecule has 4 nitrogen and oxygen atoms in total. The molecular formula is C107H94B2N4Si2. The van der Waals surface area contributed by atoms with Crippen LogP contribution in [0.15, 0.2) is 340 Å². The van der Waals surface area contributed by atoms with E-state index in [9.17, 15) is 0 Å². The summed E-state index contributed by atoms with van der Waals surface area (Å²) in [6, 6.07) is 133. The van der Waals surface area contributed by atoms with E-state index in [-0.39, 0.29) is 35.1 Å². The monoisotopic (exact) mass is 1510 g/mol. The minimum Gasteiger partial charge on any atom is -0.312 e. The van der Waals surface area contributed by atoms with Gasteiger partial charge in [0.1, 0.15) is 0 Å². The van der Waals surface area contributed by atoms with Gasteiger partial charge in [-0.2, -0.15) is 0 Å². The Morgan fingerprint density at radius 1 is 0.261 bits per heavy atom. The van der Waals surface area contributed by atoms with E-state index in [2.05, 4.69) is 442 Å². The molecule has 0 saturated carbocycles. The van der Waals surface area contributed by atoms with Crippen molar-refractivity contribution < 1.29 is 0 Å². The van der Waals surface area contributed by atoms with Crippen molar-refractivity contribution in [1.29, 1.82) is 0 Å². The van der Waals surface area contributed by atoms with Crippen molar-refractivity contribution in [1.82, 2.24) is 0 Å². The SMILES string of the molecule is Cc1ccc2c(c1)N(c1cc(C(C)(C)C)cc(C(C)(C)Cc3cccc(-c4ccc5c(c4)N(c4cc(C(C)(C)C)cc(C(C)(C)C)c4)c4cccc6c4B5c4cccc5c4N6c4ccccc4[Si]5(c4ccccc4)c4ccccc4)c3)c1)c1cccc3c1B2c1cccc2c1N3c1ccccc1[Si]2(c1ccccc1)c1ccccc1. The average molecular weight is 1510 g/mol. The van der Waals surface area contributed by atoms with Crippen LogP contribution in [0.1, 0.15) is 110 Å². The minimum absolute atomic E-state index is 0.00609. The van der Waals surface area contributed by atoms with Gasteiger partial charge in [0.05, 0.1) is 0 Å². The Balaban J connectivity index is 0.700. The van der Waals surface area contributed by atoms with Gasteiger partial charge in [0.25, 0.3) is 13.4 Å². The van der Waals surface area contributed by atoms with Gasteiger partial charge in [-0.05, 0) is 227 Å². The number of hydrogen-bond donors (Lipinski definition) is 0. The standard InChI is InChI=1S/C107H94B2N4Si2/c1-70-56-58-84-94(60-70)110(90-48-32-50-92-100(90)108(84)86-44-30-54-98-102(86)112(92)88-46-25-27-52-96(88)114(98,80-36-17-13-18-37-80)81-38-19-14-20-39-81)79-67-76(106(8,9)10)64-77(68-79)107(11,12)69-71-34-29-35-72(61-71)73-57-59-85-95(62-73)111(78-65-74(104(2,3)4)63-75(66-78)105(5,6)7)91-49-33-51-93-101(91)109(85)87-45-31-55-99-103(87)113(93)89-47-26-28-53-97(89)115(99,82-40-21-15-22-41-82)83-42-23-16-24-43-83/h13-68H,69H2,1-12H3. The van der Waals surface area contributed by atoms with Crippen LogP contribution in [-0.2, 0) is 28.1 Å². The van der Waals surface area contributed by atoms with Crippen molar-refractivity contribution in [3.63, 3.8) is 0 Å². The molecule has 0 spiro atoms. The second-order valence-electron chi connectivity index (χ2n) is 37.0. The third kappa shape index (κ3) is 10.6. The second kappa shape index (κ2) is 25.8. The Hall–Kier alpha value is -11.9. The van der Waals surface area contributed by atoms with Gasteiger partial charge in [-0.25, -0.2) is 0 Å². The molecule has 0 amide bonds. The number of para-hydroxylation sites is 4. The number of fused-ring (bicyclic) bond motifs is 12. The fraction of sp³-hybridized carbons (Fsp3) is 0.159. The molecule has 21 rings (SSSR count). The molecule has 0 bridgehead atoms. The maximum Gasteiger partial charge on any atom is 0.252 e. The predicted molar refractivity (Wildman–Crippen MR) is 498 cm³/mol. The Kier molecular flexibility index (Phi) is 15.9. The van der Waals surface area contributed by atoms with Gasteiger partial charge in [-0.15, -0.1) is 0 Å². The molecule has 0 fully saturated rings. The zero-order valence-corrected chi connectivity index (χ0v) is 70.0. The number of nitrogens with zero attached hydrogens (tertiary/aromatic N) is 4. The summed E-state index contributed by atoms with van der Waals surface area (Å²) in [5.41, 5.74) is 32.7. The Bertz CT molecular complexity index is 6380. The molecule has 0 unspecified atom stereocenters. The summed E-state index contributed by atoms with van der Waals surface area (Å²) in [6.45, 7) is 28.5. The van der Waals surface area contributed by atoms with Crippen molar-refractivity contribution in [2.24, 2.45) is 0 Å². The summed E-state index contributed by atoms with van der Waals surface area (Å²) < 4.78 is 0. The quantitative estimate of drug-likeness (QED) is 0.127. The molecule has 115 heavy (non-hydrogen) atoms. The lowest BCUT2D eigenvalue weighted by Gasteiger charge is -2.50. The second-order valence-corrected chi connectivity index (χ2v) is 44.5. The van der Waals surface area contributed by atoms with Crippen molar-refractivity contribution in [2.45, 2.75) is 111 Å². The highest BCUT2D eigenvalue weighted by Gasteiger charge is 2.56. The number of benzene rings is 15. The van der Waals surface area contributed by atoms with Gasteiger partial charge in [0.15, 0.2) is 16.1 Å². The van der Waals surface area contributed by atoms with E-state index in [0.717, 1.165) is 6.42 Å². The summed E-state index contributed by atoms with van der Waals surface area (Å²) >= 11 is 0. The third-order valence-corrected chi connectivity index (χ3v) is 36.2. The van der Waals surface area contributed by atoms with Crippen LogP contribution >= 0.6 is 0 Å². The Morgan fingerprint density at radius 3 is 1.05 bits per heavy atom. The van der Waals surface area contributed by atoms with Crippen molar-refractivity contribution in [2.75, 3.05) is 19.6 Å². The van der Waals surface area contributed by atoms with Gasteiger partial charge in [0.2, 0.25) is 0 Å². The molecule has 6 aliphatic heterocycles. The fourth-order valence-electron chi connectivity index (χ4n) is 21.1. The van der Waals surface area contributed by atoms with Crippen LogP contribution in [0.25, 0.3) is 11.1 Å². The normalized spacial score (nSPS) is 14.9. The first kappa shape index (κ1) is 70.9. The van der Waals surface area contributed by atoms with Gasteiger partial charge in [0, 0.05) is 68.2 Å². The van der Waals surface area contributed by atoms with Crippen LogP contribution in [0, 0.1) is 6.92 Å². The molecular weight excluding hydrogens is 1420 g/mol. The highest BCUT2D eigenvalue weighted by molar-refractivity contribution is 7.23. The molecule has 6 aliphatic rings.